The van der Waals surface area contributed by atoms with E-state index >= 15 is 0 Å². The third-order valence-electron chi connectivity index (χ3n) is 4.55. The number of amides is 1. The molecule has 0 aliphatic carbocycles. The summed E-state index contributed by atoms with van der Waals surface area (Å²) < 4.78 is 50.0. The summed E-state index contributed by atoms with van der Waals surface area (Å²) in [7, 11) is 0. The number of benzene rings is 2. The minimum Gasteiger partial charge on any atom is -0.481 e. The minimum atomic E-state index is -4.55. The molecule has 0 bridgehead atoms. The SMILES string of the molecule is CC(C(=O)O)c1cccc(Oc2ccc(C(F)(F)F)cc2CN2CCOC2=O)c1. The quantitative estimate of drug-likeness (QED) is 0.752. The van der Waals surface area contributed by atoms with Crippen molar-refractivity contribution in [1.29, 1.82) is 0 Å². The smallest absolute Gasteiger partial charge is 0.416 e. The van der Waals surface area contributed by atoms with Crippen LogP contribution in [-0.2, 0) is 22.3 Å². The molecule has 1 aliphatic rings. The van der Waals surface area contributed by atoms with Crippen LogP contribution in [0, 0.1) is 0 Å². The first-order chi connectivity index (χ1) is 13.6. The second-order valence-corrected chi connectivity index (χ2v) is 6.59. The predicted octanol–water partition coefficient (Wildman–Crippen LogP) is 4.64. The zero-order chi connectivity index (χ0) is 21.2. The maximum Gasteiger partial charge on any atom is 0.416 e. The molecule has 0 radical (unpaired) electrons. The number of ether oxygens (including phenoxy) is 2. The lowest BCUT2D eigenvalue weighted by Crippen LogP contribution is -2.24. The highest BCUT2D eigenvalue weighted by Crippen LogP contribution is 2.35. The van der Waals surface area contributed by atoms with Crippen molar-refractivity contribution in [2.75, 3.05) is 13.2 Å². The van der Waals surface area contributed by atoms with Crippen LogP contribution in [-0.4, -0.2) is 35.2 Å². The first-order valence-electron chi connectivity index (χ1n) is 8.77. The van der Waals surface area contributed by atoms with Gasteiger partial charge in [-0.1, -0.05) is 12.1 Å². The first-order valence-corrected chi connectivity index (χ1v) is 8.77. The van der Waals surface area contributed by atoms with Crippen molar-refractivity contribution in [3.05, 3.63) is 59.2 Å². The Morgan fingerprint density at radius 1 is 1.28 bits per heavy atom. The van der Waals surface area contributed by atoms with Crippen molar-refractivity contribution in [1.82, 2.24) is 4.90 Å². The molecule has 1 heterocycles. The molecule has 1 saturated heterocycles. The summed E-state index contributed by atoms with van der Waals surface area (Å²) in [6.45, 7) is 1.84. The number of carbonyl (C=O) groups excluding carboxylic acids is 1. The van der Waals surface area contributed by atoms with Crippen LogP contribution in [0.3, 0.4) is 0 Å². The van der Waals surface area contributed by atoms with Crippen molar-refractivity contribution < 1.29 is 37.3 Å². The summed E-state index contributed by atoms with van der Waals surface area (Å²) in [5, 5.41) is 9.15. The van der Waals surface area contributed by atoms with Gasteiger partial charge in [-0.05, 0) is 42.8 Å². The highest BCUT2D eigenvalue weighted by atomic mass is 19.4. The van der Waals surface area contributed by atoms with E-state index in [0.717, 1.165) is 12.1 Å². The van der Waals surface area contributed by atoms with E-state index in [9.17, 15) is 22.8 Å². The fourth-order valence-corrected chi connectivity index (χ4v) is 2.87. The second-order valence-electron chi connectivity index (χ2n) is 6.59. The van der Waals surface area contributed by atoms with Crippen LogP contribution in [0.5, 0.6) is 11.5 Å². The Kier molecular flexibility index (Phi) is 5.67. The van der Waals surface area contributed by atoms with Gasteiger partial charge < -0.3 is 19.5 Å². The topological polar surface area (TPSA) is 76.1 Å². The number of carboxylic acid groups (broad SMARTS) is 1. The zero-order valence-corrected chi connectivity index (χ0v) is 15.4. The van der Waals surface area contributed by atoms with Gasteiger partial charge in [0.15, 0.2) is 0 Å². The number of carbonyl (C=O) groups is 2. The van der Waals surface area contributed by atoms with Crippen molar-refractivity contribution in [3.8, 4) is 11.5 Å². The van der Waals surface area contributed by atoms with Crippen molar-refractivity contribution in [3.63, 3.8) is 0 Å². The Bertz CT molecular complexity index is 929. The molecule has 6 nitrogen and oxygen atoms in total. The summed E-state index contributed by atoms with van der Waals surface area (Å²) in [4.78, 5) is 24.2. The van der Waals surface area contributed by atoms with Gasteiger partial charge in [-0.2, -0.15) is 13.2 Å². The van der Waals surface area contributed by atoms with Gasteiger partial charge in [0.25, 0.3) is 0 Å². The largest absolute Gasteiger partial charge is 0.481 e. The lowest BCUT2D eigenvalue weighted by Gasteiger charge is -2.18. The van der Waals surface area contributed by atoms with Crippen LogP contribution in [0.25, 0.3) is 0 Å². The van der Waals surface area contributed by atoms with Gasteiger partial charge in [-0.25, -0.2) is 4.79 Å². The Morgan fingerprint density at radius 3 is 2.66 bits per heavy atom. The van der Waals surface area contributed by atoms with Crippen molar-refractivity contribution in [2.24, 2.45) is 0 Å². The molecule has 1 N–H and O–H groups in total. The Morgan fingerprint density at radius 2 is 2.03 bits per heavy atom. The first kappa shape index (κ1) is 20.5. The van der Waals surface area contributed by atoms with Gasteiger partial charge in [0.1, 0.15) is 18.1 Å². The monoisotopic (exact) mass is 409 g/mol. The second kappa shape index (κ2) is 8.02. The molecule has 2 aromatic carbocycles. The number of carboxylic acids is 1. The Hall–Kier alpha value is -3.23. The average Bonchev–Trinajstić information content (AvgIpc) is 3.06. The normalized spacial score (nSPS) is 15.2. The Balaban J connectivity index is 1.92. The van der Waals surface area contributed by atoms with Gasteiger partial charge in [0.2, 0.25) is 0 Å². The van der Waals surface area contributed by atoms with Crippen LogP contribution < -0.4 is 4.74 Å². The predicted molar refractivity (Wildman–Crippen MR) is 95.8 cm³/mol. The van der Waals surface area contributed by atoms with Gasteiger partial charge in [0.05, 0.1) is 24.6 Å². The van der Waals surface area contributed by atoms with Crippen molar-refractivity contribution in [2.45, 2.75) is 25.6 Å². The third kappa shape index (κ3) is 4.79. The van der Waals surface area contributed by atoms with E-state index < -0.39 is 29.7 Å². The van der Waals surface area contributed by atoms with E-state index in [1.54, 1.807) is 18.2 Å². The fourth-order valence-electron chi connectivity index (χ4n) is 2.87. The van der Waals surface area contributed by atoms with E-state index in [0.29, 0.717) is 5.56 Å². The standard InChI is InChI=1S/C20H18F3NO5/c1-12(18(25)26)13-3-2-4-16(10-13)29-17-6-5-15(20(21,22)23)9-14(17)11-24-7-8-28-19(24)27/h2-6,9-10,12H,7-8,11H2,1H3,(H,25,26). The summed E-state index contributed by atoms with van der Waals surface area (Å²) >= 11 is 0. The van der Waals surface area contributed by atoms with Crippen LogP contribution in [0.1, 0.15) is 29.5 Å². The summed E-state index contributed by atoms with van der Waals surface area (Å²) in [6, 6.07) is 9.33. The molecular weight excluding hydrogens is 391 g/mol. The lowest BCUT2D eigenvalue weighted by molar-refractivity contribution is -0.138. The molecule has 29 heavy (non-hydrogen) atoms. The van der Waals surface area contributed by atoms with E-state index in [4.69, 9.17) is 14.6 Å². The molecule has 9 heteroatoms. The molecule has 1 unspecified atom stereocenters. The zero-order valence-electron chi connectivity index (χ0n) is 15.4. The van der Waals surface area contributed by atoms with Gasteiger partial charge in [-0.15, -0.1) is 0 Å². The maximum atomic E-state index is 13.1. The molecule has 3 rings (SSSR count). The maximum absolute atomic E-state index is 13.1. The molecule has 1 atom stereocenters. The number of hydrogen-bond acceptors (Lipinski definition) is 4. The number of aliphatic carboxylic acids is 1. The van der Waals surface area contributed by atoms with E-state index in [-0.39, 0.29) is 36.8 Å². The van der Waals surface area contributed by atoms with Gasteiger partial charge >= 0.3 is 18.2 Å². The molecule has 1 fully saturated rings. The lowest BCUT2D eigenvalue weighted by atomic mass is 10.0. The van der Waals surface area contributed by atoms with E-state index in [2.05, 4.69) is 0 Å². The fraction of sp³-hybridized carbons (Fsp3) is 0.300. The summed E-state index contributed by atoms with van der Waals surface area (Å²) in [6.07, 6.45) is -5.15. The number of alkyl halides is 3. The summed E-state index contributed by atoms with van der Waals surface area (Å²) in [5.41, 5.74) is -0.206. The number of halogens is 3. The molecule has 0 spiro atoms. The molecule has 0 aromatic heterocycles. The molecule has 0 saturated carbocycles. The Labute approximate surface area is 164 Å². The van der Waals surface area contributed by atoms with E-state index in [1.165, 1.54) is 24.0 Å². The number of nitrogens with zero attached hydrogens (tertiary/aromatic N) is 1. The van der Waals surface area contributed by atoms with Crippen molar-refractivity contribution >= 4 is 12.1 Å². The van der Waals surface area contributed by atoms with Crippen LogP contribution in [0.15, 0.2) is 42.5 Å². The number of rotatable bonds is 6. The molecular formula is C20H18F3NO5. The highest BCUT2D eigenvalue weighted by molar-refractivity contribution is 5.75. The molecule has 2 aromatic rings. The van der Waals surface area contributed by atoms with Gasteiger partial charge in [-0.3, -0.25) is 4.79 Å². The molecule has 154 valence electrons. The minimum absolute atomic E-state index is 0.108. The number of hydrogen-bond donors (Lipinski definition) is 1. The number of cyclic esters (lactones) is 1. The third-order valence-corrected chi connectivity index (χ3v) is 4.55. The molecule has 1 aliphatic heterocycles. The van der Waals surface area contributed by atoms with Gasteiger partial charge in [0, 0.05) is 5.56 Å². The summed E-state index contributed by atoms with van der Waals surface area (Å²) in [5.74, 6) is -1.37. The van der Waals surface area contributed by atoms with Crippen LogP contribution in [0.2, 0.25) is 0 Å². The molecule has 1 amide bonds. The van der Waals surface area contributed by atoms with Crippen LogP contribution >= 0.6 is 0 Å². The highest BCUT2D eigenvalue weighted by Gasteiger charge is 2.32. The van der Waals surface area contributed by atoms with E-state index in [1.807, 2.05) is 0 Å². The average molecular weight is 409 g/mol. The van der Waals surface area contributed by atoms with Crippen LogP contribution in [0.4, 0.5) is 18.0 Å².